The summed E-state index contributed by atoms with van der Waals surface area (Å²) in [5.74, 6) is -1.36. The Bertz CT molecular complexity index is 443. The minimum Gasteiger partial charge on any atom is -0.480 e. The number of halogens is 3. The Kier molecular flexibility index (Phi) is 5.38. The lowest BCUT2D eigenvalue weighted by atomic mass is 10.0. The molecule has 1 aromatic carbocycles. The van der Waals surface area contributed by atoms with Crippen molar-refractivity contribution in [2.45, 2.75) is 32.8 Å². The van der Waals surface area contributed by atoms with Gasteiger partial charge >= 0.3 is 12.3 Å². The van der Waals surface area contributed by atoms with E-state index in [4.69, 9.17) is 5.11 Å². The fourth-order valence-electron chi connectivity index (χ4n) is 1.64. The van der Waals surface area contributed by atoms with Crippen molar-refractivity contribution in [2.24, 2.45) is 5.92 Å². The molecule has 0 fully saturated rings. The molecule has 0 radical (unpaired) electrons. The predicted molar refractivity (Wildman–Crippen MR) is 66.2 cm³/mol. The molecule has 0 bridgehead atoms. The van der Waals surface area contributed by atoms with E-state index in [1.165, 1.54) is 24.3 Å². The van der Waals surface area contributed by atoms with E-state index in [9.17, 15) is 18.0 Å². The second-order valence-electron chi connectivity index (χ2n) is 4.63. The number of carbonyl (C=O) groups is 1. The van der Waals surface area contributed by atoms with Crippen LogP contribution in [0.1, 0.15) is 19.4 Å². The molecule has 1 aromatic rings. The van der Waals surface area contributed by atoms with Crippen LogP contribution in [0.5, 0.6) is 5.75 Å². The van der Waals surface area contributed by atoms with Gasteiger partial charge in [-0.1, -0.05) is 26.0 Å². The highest BCUT2D eigenvalue weighted by Gasteiger charge is 2.30. The van der Waals surface area contributed by atoms with Crippen molar-refractivity contribution in [3.8, 4) is 5.75 Å². The van der Waals surface area contributed by atoms with Gasteiger partial charge in [0.1, 0.15) is 11.8 Å². The zero-order valence-corrected chi connectivity index (χ0v) is 11.1. The van der Waals surface area contributed by atoms with Gasteiger partial charge in [-0.25, -0.2) is 0 Å². The van der Waals surface area contributed by atoms with Crippen LogP contribution in [-0.2, 0) is 11.3 Å². The highest BCUT2D eigenvalue weighted by Crippen LogP contribution is 2.22. The maximum Gasteiger partial charge on any atom is 0.573 e. The zero-order valence-electron chi connectivity index (χ0n) is 11.1. The van der Waals surface area contributed by atoms with Gasteiger partial charge in [-0.3, -0.25) is 4.79 Å². The highest BCUT2D eigenvalue weighted by molar-refractivity contribution is 5.73. The van der Waals surface area contributed by atoms with E-state index >= 15 is 0 Å². The molecule has 2 N–H and O–H groups in total. The van der Waals surface area contributed by atoms with Crippen LogP contribution in [0.15, 0.2) is 24.3 Å². The van der Waals surface area contributed by atoms with Crippen molar-refractivity contribution in [3.05, 3.63) is 29.8 Å². The molecule has 20 heavy (non-hydrogen) atoms. The SMILES string of the molecule is CC(C)C(NCc1ccc(OC(F)(F)F)cc1)C(=O)O. The molecule has 0 heterocycles. The normalized spacial score (nSPS) is 13.3. The van der Waals surface area contributed by atoms with Crippen LogP contribution in [-0.4, -0.2) is 23.5 Å². The van der Waals surface area contributed by atoms with Gasteiger partial charge in [0.15, 0.2) is 0 Å². The lowest BCUT2D eigenvalue weighted by Gasteiger charge is -2.18. The lowest BCUT2D eigenvalue weighted by Crippen LogP contribution is -2.40. The maximum atomic E-state index is 12.0. The van der Waals surface area contributed by atoms with E-state index in [1.807, 2.05) is 0 Å². The molecule has 1 unspecified atom stereocenters. The Morgan fingerprint density at radius 3 is 2.25 bits per heavy atom. The number of nitrogens with one attached hydrogen (secondary N) is 1. The average Bonchev–Trinajstić information content (AvgIpc) is 2.28. The fourth-order valence-corrected chi connectivity index (χ4v) is 1.64. The van der Waals surface area contributed by atoms with Crippen LogP contribution in [0.4, 0.5) is 13.2 Å². The Balaban J connectivity index is 2.59. The Morgan fingerprint density at radius 1 is 1.30 bits per heavy atom. The number of benzene rings is 1. The molecule has 7 heteroatoms. The van der Waals surface area contributed by atoms with Crippen molar-refractivity contribution < 1.29 is 27.8 Å². The number of rotatable bonds is 6. The summed E-state index contributed by atoms with van der Waals surface area (Å²) in [6.07, 6.45) is -4.72. The largest absolute Gasteiger partial charge is 0.573 e. The molecule has 0 aliphatic rings. The van der Waals surface area contributed by atoms with Crippen molar-refractivity contribution in [2.75, 3.05) is 0 Å². The first-order valence-electron chi connectivity index (χ1n) is 6.00. The van der Waals surface area contributed by atoms with E-state index in [1.54, 1.807) is 13.8 Å². The minimum atomic E-state index is -4.72. The predicted octanol–water partition coefficient (Wildman–Crippen LogP) is 2.78. The van der Waals surface area contributed by atoms with Crippen LogP contribution in [0.2, 0.25) is 0 Å². The summed E-state index contributed by atoms with van der Waals surface area (Å²) in [5.41, 5.74) is 0.673. The minimum absolute atomic E-state index is 0.0969. The molecule has 0 amide bonds. The maximum absolute atomic E-state index is 12.0. The molecule has 0 aliphatic heterocycles. The molecule has 1 atom stereocenters. The molecule has 0 saturated carbocycles. The standard InChI is InChI=1S/C13H16F3NO3/c1-8(2)11(12(18)19)17-7-9-3-5-10(6-4-9)20-13(14,15)16/h3-6,8,11,17H,7H2,1-2H3,(H,18,19). The first-order valence-corrected chi connectivity index (χ1v) is 6.00. The molecular formula is C13H16F3NO3. The summed E-state index contributed by atoms with van der Waals surface area (Å²) < 4.78 is 39.7. The van der Waals surface area contributed by atoms with E-state index in [0.717, 1.165) is 0 Å². The smallest absolute Gasteiger partial charge is 0.480 e. The highest BCUT2D eigenvalue weighted by atomic mass is 19.4. The zero-order chi connectivity index (χ0) is 15.3. The summed E-state index contributed by atoms with van der Waals surface area (Å²) in [7, 11) is 0. The molecule has 0 aromatic heterocycles. The fraction of sp³-hybridized carbons (Fsp3) is 0.462. The van der Waals surface area contributed by atoms with Gasteiger partial charge in [-0.05, 0) is 23.6 Å². The van der Waals surface area contributed by atoms with E-state index < -0.39 is 18.4 Å². The number of ether oxygens (including phenoxy) is 1. The van der Waals surface area contributed by atoms with Crippen LogP contribution in [0.3, 0.4) is 0 Å². The van der Waals surface area contributed by atoms with Crippen LogP contribution < -0.4 is 10.1 Å². The third-order valence-corrected chi connectivity index (χ3v) is 2.62. The Hall–Kier alpha value is -1.76. The summed E-state index contributed by atoms with van der Waals surface area (Å²) in [4.78, 5) is 11.0. The average molecular weight is 291 g/mol. The third-order valence-electron chi connectivity index (χ3n) is 2.62. The van der Waals surface area contributed by atoms with Crippen LogP contribution in [0.25, 0.3) is 0 Å². The number of alkyl halides is 3. The van der Waals surface area contributed by atoms with Crippen molar-refractivity contribution in [1.29, 1.82) is 0 Å². The summed E-state index contributed by atoms with van der Waals surface area (Å²) in [5, 5.41) is 11.8. The number of carboxylic acids is 1. The molecule has 1 rings (SSSR count). The first kappa shape index (κ1) is 16.3. The second-order valence-corrected chi connectivity index (χ2v) is 4.63. The van der Waals surface area contributed by atoms with Gasteiger partial charge in [0.05, 0.1) is 0 Å². The topological polar surface area (TPSA) is 58.6 Å². The first-order chi connectivity index (χ1) is 9.19. The molecule has 0 saturated heterocycles. The van der Waals surface area contributed by atoms with Gasteiger partial charge in [0.2, 0.25) is 0 Å². The van der Waals surface area contributed by atoms with Crippen molar-refractivity contribution >= 4 is 5.97 Å². The summed E-state index contributed by atoms with van der Waals surface area (Å²) in [6.45, 7) is 3.79. The van der Waals surface area contributed by atoms with E-state index in [2.05, 4.69) is 10.1 Å². The number of carboxylic acid groups (broad SMARTS) is 1. The van der Waals surface area contributed by atoms with Gasteiger partial charge in [0, 0.05) is 6.54 Å². The van der Waals surface area contributed by atoms with Crippen LogP contribution in [0, 0.1) is 5.92 Å². The second kappa shape index (κ2) is 6.60. The molecule has 0 aliphatic carbocycles. The van der Waals surface area contributed by atoms with Crippen LogP contribution >= 0.6 is 0 Å². The quantitative estimate of drug-likeness (QED) is 0.846. The number of hydrogen-bond donors (Lipinski definition) is 2. The summed E-state index contributed by atoms with van der Waals surface area (Å²) in [6, 6.07) is 4.58. The molecule has 4 nitrogen and oxygen atoms in total. The third kappa shape index (κ3) is 5.48. The summed E-state index contributed by atoms with van der Waals surface area (Å²) >= 11 is 0. The van der Waals surface area contributed by atoms with Gasteiger partial charge in [-0.2, -0.15) is 0 Å². The monoisotopic (exact) mass is 291 g/mol. The van der Waals surface area contributed by atoms with Gasteiger partial charge < -0.3 is 15.2 Å². The number of aliphatic carboxylic acids is 1. The van der Waals surface area contributed by atoms with E-state index in [-0.39, 0.29) is 18.2 Å². The van der Waals surface area contributed by atoms with Crippen molar-refractivity contribution in [3.63, 3.8) is 0 Å². The lowest BCUT2D eigenvalue weighted by molar-refractivity contribution is -0.274. The Morgan fingerprint density at radius 2 is 1.85 bits per heavy atom. The van der Waals surface area contributed by atoms with Gasteiger partial charge in [-0.15, -0.1) is 13.2 Å². The molecule has 112 valence electrons. The molecule has 0 spiro atoms. The number of hydrogen-bond acceptors (Lipinski definition) is 3. The molecular weight excluding hydrogens is 275 g/mol. The van der Waals surface area contributed by atoms with Crippen molar-refractivity contribution in [1.82, 2.24) is 5.32 Å². The van der Waals surface area contributed by atoms with E-state index in [0.29, 0.717) is 5.56 Å². The van der Waals surface area contributed by atoms with Gasteiger partial charge in [0.25, 0.3) is 0 Å². The Labute approximate surface area is 114 Å².